The van der Waals surface area contributed by atoms with Crippen molar-refractivity contribution in [3.8, 4) is 0 Å². The Morgan fingerprint density at radius 2 is 1.81 bits per heavy atom. The van der Waals surface area contributed by atoms with E-state index in [-0.39, 0.29) is 30.3 Å². The first kappa shape index (κ1) is 14.5. The van der Waals surface area contributed by atoms with Crippen LogP contribution in [0.1, 0.15) is 25.7 Å². The highest BCUT2D eigenvalue weighted by Crippen LogP contribution is 2.33. The van der Waals surface area contributed by atoms with Gasteiger partial charge in [-0.2, -0.15) is 0 Å². The van der Waals surface area contributed by atoms with Crippen LogP contribution >= 0.6 is 0 Å². The molecule has 1 saturated carbocycles. The maximum absolute atomic E-state index is 12.4. The lowest BCUT2D eigenvalue weighted by Crippen LogP contribution is -2.52. The standard InChI is InChI=1S/C14H21N3O4/c18-12-9-11(14(21)17(12)10-1-2-10)16-7-5-15(6-8-16)4-3-13(19)20/h10-11H,1-9H2,(H,19,20). The van der Waals surface area contributed by atoms with Crippen molar-refractivity contribution in [1.29, 1.82) is 0 Å². The predicted molar refractivity (Wildman–Crippen MR) is 73.5 cm³/mol. The molecule has 7 nitrogen and oxygen atoms in total. The maximum Gasteiger partial charge on any atom is 0.304 e. The average Bonchev–Trinajstić information content (AvgIpc) is 3.23. The second-order valence-electron chi connectivity index (χ2n) is 6.07. The van der Waals surface area contributed by atoms with E-state index in [0.717, 1.165) is 39.0 Å². The second kappa shape index (κ2) is 5.73. The van der Waals surface area contributed by atoms with Crippen molar-refractivity contribution < 1.29 is 19.5 Å². The Balaban J connectivity index is 1.51. The zero-order valence-electron chi connectivity index (χ0n) is 12.0. The third-order valence-corrected chi connectivity index (χ3v) is 4.56. The first-order chi connectivity index (χ1) is 10.1. The summed E-state index contributed by atoms with van der Waals surface area (Å²) in [6, 6.07) is -0.133. The van der Waals surface area contributed by atoms with Gasteiger partial charge in [-0.05, 0) is 12.8 Å². The fourth-order valence-corrected chi connectivity index (χ4v) is 3.19. The van der Waals surface area contributed by atoms with E-state index in [1.165, 1.54) is 4.90 Å². The largest absolute Gasteiger partial charge is 0.481 e. The smallest absolute Gasteiger partial charge is 0.304 e. The van der Waals surface area contributed by atoms with Crippen LogP contribution in [0.4, 0.5) is 0 Å². The van der Waals surface area contributed by atoms with Crippen LogP contribution in [0.15, 0.2) is 0 Å². The molecular weight excluding hydrogens is 274 g/mol. The van der Waals surface area contributed by atoms with Crippen molar-refractivity contribution in [2.45, 2.75) is 37.8 Å². The molecule has 1 atom stereocenters. The average molecular weight is 295 g/mol. The lowest BCUT2D eigenvalue weighted by atomic mass is 10.1. The third kappa shape index (κ3) is 3.08. The summed E-state index contributed by atoms with van der Waals surface area (Å²) in [5, 5.41) is 8.69. The fraction of sp³-hybridized carbons (Fsp3) is 0.786. The lowest BCUT2D eigenvalue weighted by Gasteiger charge is -2.36. The Kier molecular flexibility index (Phi) is 3.95. The minimum Gasteiger partial charge on any atom is -0.481 e. The summed E-state index contributed by atoms with van der Waals surface area (Å²) in [5.74, 6) is -0.837. The topological polar surface area (TPSA) is 81.2 Å². The van der Waals surface area contributed by atoms with Crippen LogP contribution in [-0.4, -0.2) is 82.4 Å². The minimum absolute atomic E-state index is 0.0264. The quantitative estimate of drug-likeness (QED) is 0.680. The molecule has 3 rings (SSSR count). The van der Waals surface area contributed by atoms with Gasteiger partial charge in [0, 0.05) is 38.8 Å². The number of likely N-dealkylation sites (tertiary alicyclic amines) is 1. The van der Waals surface area contributed by atoms with Crippen molar-refractivity contribution >= 4 is 17.8 Å². The Morgan fingerprint density at radius 1 is 1.14 bits per heavy atom. The first-order valence-corrected chi connectivity index (χ1v) is 7.60. The van der Waals surface area contributed by atoms with Gasteiger partial charge in [-0.3, -0.25) is 24.2 Å². The third-order valence-electron chi connectivity index (χ3n) is 4.56. The first-order valence-electron chi connectivity index (χ1n) is 7.60. The molecule has 0 spiro atoms. The number of imide groups is 1. The summed E-state index contributed by atoms with van der Waals surface area (Å²) in [6.45, 7) is 3.52. The van der Waals surface area contributed by atoms with Crippen LogP contribution in [0.25, 0.3) is 0 Å². The number of amides is 2. The van der Waals surface area contributed by atoms with E-state index in [9.17, 15) is 14.4 Å². The van der Waals surface area contributed by atoms with Crippen molar-refractivity contribution in [1.82, 2.24) is 14.7 Å². The number of carbonyl (C=O) groups excluding carboxylic acids is 2. The Morgan fingerprint density at radius 3 is 2.38 bits per heavy atom. The zero-order valence-corrected chi connectivity index (χ0v) is 12.0. The molecule has 1 aliphatic carbocycles. The van der Waals surface area contributed by atoms with Gasteiger partial charge in [0.1, 0.15) is 0 Å². The van der Waals surface area contributed by atoms with Crippen LogP contribution in [0.2, 0.25) is 0 Å². The van der Waals surface area contributed by atoms with Gasteiger partial charge in [0.25, 0.3) is 0 Å². The summed E-state index contributed by atoms with van der Waals surface area (Å²) in [6.07, 6.45) is 2.36. The molecular formula is C14H21N3O4. The summed E-state index contributed by atoms with van der Waals surface area (Å²) in [4.78, 5) is 40.6. The normalized spacial score (nSPS) is 28.4. The second-order valence-corrected chi connectivity index (χ2v) is 6.07. The molecule has 3 aliphatic rings. The van der Waals surface area contributed by atoms with Gasteiger partial charge in [-0.25, -0.2) is 0 Å². The van der Waals surface area contributed by atoms with E-state index < -0.39 is 5.97 Å². The predicted octanol–water partition coefficient (Wildman–Crippen LogP) is -0.631. The number of nitrogens with zero attached hydrogens (tertiary/aromatic N) is 3. The fourth-order valence-electron chi connectivity index (χ4n) is 3.19. The Labute approximate surface area is 123 Å². The number of carboxylic acid groups (broad SMARTS) is 1. The molecule has 21 heavy (non-hydrogen) atoms. The highest BCUT2D eigenvalue weighted by molar-refractivity contribution is 6.06. The van der Waals surface area contributed by atoms with Crippen LogP contribution in [0.3, 0.4) is 0 Å². The molecule has 0 radical (unpaired) electrons. The summed E-state index contributed by atoms with van der Waals surface area (Å²) < 4.78 is 0. The number of rotatable bonds is 5. The van der Waals surface area contributed by atoms with E-state index in [0.29, 0.717) is 13.0 Å². The van der Waals surface area contributed by atoms with Crippen LogP contribution < -0.4 is 0 Å². The van der Waals surface area contributed by atoms with Gasteiger partial charge in [0.05, 0.1) is 18.9 Å². The molecule has 0 aromatic carbocycles. The molecule has 2 amide bonds. The molecule has 0 aromatic rings. The minimum atomic E-state index is -0.783. The lowest BCUT2D eigenvalue weighted by molar-refractivity contribution is -0.140. The van der Waals surface area contributed by atoms with Crippen molar-refractivity contribution in [3.05, 3.63) is 0 Å². The Hall–Kier alpha value is -1.47. The molecule has 0 aromatic heterocycles. The molecule has 2 saturated heterocycles. The molecule has 116 valence electrons. The summed E-state index contributed by atoms with van der Waals surface area (Å²) in [7, 11) is 0. The summed E-state index contributed by atoms with van der Waals surface area (Å²) >= 11 is 0. The Bertz CT molecular complexity index is 455. The van der Waals surface area contributed by atoms with E-state index >= 15 is 0 Å². The van der Waals surface area contributed by atoms with Gasteiger partial charge in [0.2, 0.25) is 11.8 Å². The number of piperazine rings is 1. The number of carboxylic acids is 1. The maximum atomic E-state index is 12.4. The van der Waals surface area contributed by atoms with Gasteiger partial charge >= 0.3 is 5.97 Å². The highest BCUT2D eigenvalue weighted by atomic mass is 16.4. The van der Waals surface area contributed by atoms with E-state index in [1.54, 1.807) is 0 Å². The number of hydrogen-bond donors (Lipinski definition) is 1. The zero-order chi connectivity index (χ0) is 15.0. The number of aliphatic carboxylic acids is 1. The molecule has 0 bridgehead atoms. The van der Waals surface area contributed by atoms with E-state index in [1.807, 2.05) is 0 Å². The SMILES string of the molecule is O=C(O)CCN1CCN(C2CC(=O)N(C3CC3)C2=O)CC1. The van der Waals surface area contributed by atoms with Gasteiger partial charge in [-0.15, -0.1) is 0 Å². The number of carbonyl (C=O) groups is 3. The van der Waals surface area contributed by atoms with Crippen molar-refractivity contribution in [2.75, 3.05) is 32.7 Å². The van der Waals surface area contributed by atoms with Crippen LogP contribution in [-0.2, 0) is 14.4 Å². The monoisotopic (exact) mass is 295 g/mol. The van der Waals surface area contributed by atoms with Gasteiger partial charge < -0.3 is 10.0 Å². The van der Waals surface area contributed by atoms with E-state index in [4.69, 9.17) is 5.11 Å². The van der Waals surface area contributed by atoms with Crippen molar-refractivity contribution in [3.63, 3.8) is 0 Å². The van der Waals surface area contributed by atoms with Crippen molar-refractivity contribution in [2.24, 2.45) is 0 Å². The molecule has 1 unspecified atom stereocenters. The molecule has 1 N–H and O–H groups in total. The van der Waals surface area contributed by atoms with E-state index in [2.05, 4.69) is 9.80 Å². The highest BCUT2D eigenvalue weighted by Gasteiger charge is 2.48. The van der Waals surface area contributed by atoms with Crippen LogP contribution in [0.5, 0.6) is 0 Å². The number of hydrogen-bond acceptors (Lipinski definition) is 5. The van der Waals surface area contributed by atoms with Gasteiger partial charge in [-0.1, -0.05) is 0 Å². The molecule has 3 fully saturated rings. The molecule has 2 aliphatic heterocycles. The van der Waals surface area contributed by atoms with Gasteiger partial charge in [0.15, 0.2) is 0 Å². The molecule has 2 heterocycles. The van der Waals surface area contributed by atoms with Crippen LogP contribution in [0, 0.1) is 0 Å². The molecule has 7 heteroatoms. The summed E-state index contributed by atoms with van der Waals surface area (Å²) in [5.41, 5.74) is 0.